The maximum Gasteiger partial charge on any atom is 0.335 e. The van der Waals surface area contributed by atoms with Crippen LogP contribution in [-0.4, -0.2) is 28.1 Å². The third-order valence-corrected chi connectivity index (χ3v) is 6.21. The Hall–Kier alpha value is -4.58. The monoisotopic (exact) mass is 494 g/mol. The standard InChI is InChI=1S/C31H30N2O4/c1-3-25(31(35)36)18-26-20-33(22(2)30(34)32-17-16-23-10-6-4-7-11-23)29-15-14-27(19-28(26)29)37-21-24-12-8-5-9-13-24/h3-15,18-20,22H,1,16-17,21H2,2H3,(H,32,34)(H,35,36). The number of benzene rings is 3. The molecular weight excluding hydrogens is 464 g/mol. The minimum atomic E-state index is -1.07. The van der Waals surface area contributed by atoms with Crippen LogP contribution in [0, 0.1) is 0 Å². The fourth-order valence-corrected chi connectivity index (χ4v) is 4.15. The highest BCUT2D eigenvalue weighted by molar-refractivity contribution is 6.00. The molecule has 4 aromatic rings. The Balaban J connectivity index is 1.60. The van der Waals surface area contributed by atoms with Gasteiger partial charge in [-0.05, 0) is 48.7 Å². The molecule has 0 radical (unpaired) electrons. The van der Waals surface area contributed by atoms with Crippen molar-refractivity contribution in [3.63, 3.8) is 0 Å². The number of carbonyl (C=O) groups is 2. The number of fused-ring (bicyclic) bond motifs is 1. The Morgan fingerprint density at radius 3 is 2.35 bits per heavy atom. The van der Waals surface area contributed by atoms with E-state index in [1.807, 2.05) is 90.4 Å². The van der Waals surface area contributed by atoms with Gasteiger partial charge in [-0.3, -0.25) is 4.79 Å². The van der Waals surface area contributed by atoms with Crippen molar-refractivity contribution in [1.29, 1.82) is 0 Å². The summed E-state index contributed by atoms with van der Waals surface area (Å²) in [5.41, 5.74) is 3.73. The van der Waals surface area contributed by atoms with Crippen LogP contribution in [0.1, 0.15) is 29.7 Å². The predicted molar refractivity (Wildman–Crippen MR) is 146 cm³/mol. The highest BCUT2D eigenvalue weighted by Gasteiger charge is 2.19. The van der Waals surface area contributed by atoms with Gasteiger partial charge in [-0.1, -0.05) is 73.3 Å². The molecule has 0 fully saturated rings. The SMILES string of the molecule is C=CC(=Cc1cn(C(C)C(=O)NCCc2ccccc2)c2ccc(OCc3ccccc3)cc12)C(=O)O. The zero-order valence-corrected chi connectivity index (χ0v) is 20.8. The molecule has 0 aliphatic heterocycles. The lowest BCUT2D eigenvalue weighted by molar-refractivity contribution is -0.132. The summed E-state index contributed by atoms with van der Waals surface area (Å²) in [7, 11) is 0. The van der Waals surface area contributed by atoms with E-state index in [9.17, 15) is 14.7 Å². The minimum absolute atomic E-state index is 0.0645. The number of aliphatic carboxylic acids is 1. The van der Waals surface area contributed by atoms with Crippen LogP contribution < -0.4 is 10.1 Å². The third kappa shape index (κ3) is 6.35. The van der Waals surface area contributed by atoms with Crippen molar-refractivity contribution in [1.82, 2.24) is 9.88 Å². The summed E-state index contributed by atoms with van der Waals surface area (Å²) in [4.78, 5) is 24.7. The summed E-state index contributed by atoms with van der Waals surface area (Å²) in [6, 6.07) is 25.0. The lowest BCUT2D eigenvalue weighted by Crippen LogP contribution is -2.32. The maximum atomic E-state index is 13.0. The van der Waals surface area contributed by atoms with Crippen LogP contribution in [0.5, 0.6) is 5.75 Å². The van der Waals surface area contributed by atoms with Gasteiger partial charge in [0.25, 0.3) is 0 Å². The van der Waals surface area contributed by atoms with Crippen molar-refractivity contribution in [2.24, 2.45) is 0 Å². The van der Waals surface area contributed by atoms with Crippen LogP contribution in [0.3, 0.4) is 0 Å². The lowest BCUT2D eigenvalue weighted by Gasteiger charge is -2.16. The largest absolute Gasteiger partial charge is 0.489 e. The minimum Gasteiger partial charge on any atom is -0.489 e. The first-order chi connectivity index (χ1) is 18.0. The number of carbonyl (C=O) groups excluding carboxylic acids is 1. The van der Waals surface area contributed by atoms with Crippen molar-refractivity contribution in [3.05, 3.63) is 120 Å². The molecule has 0 saturated carbocycles. The number of carboxylic acids is 1. The first-order valence-electron chi connectivity index (χ1n) is 12.2. The summed E-state index contributed by atoms with van der Waals surface area (Å²) in [5, 5.41) is 13.3. The molecule has 3 aromatic carbocycles. The van der Waals surface area contributed by atoms with Crippen LogP contribution in [-0.2, 0) is 22.6 Å². The number of rotatable bonds is 11. The van der Waals surface area contributed by atoms with E-state index in [2.05, 4.69) is 11.9 Å². The van der Waals surface area contributed by atoms with Crippen LogP contribution >= 0.6 is 0 Å². The molecule has 1 unspecified atom stereocenters. The topological polar surface area (TPSA) is 80.6 Å². The van der Waals surface area contributed by atoms with Gasteiger partial charge in [0.1, 0.15) is 18.4 Å². The van der Waals surface area contributed by atoms with E-state index in [4.69, 9.17) is 4.74 Å². The van der Waals surface area contributed by atoms with Gasteiger partial charge in [0.2, 0.25) is 5.91 Å². The summed E-state index contributed by atoms with van der Waals surface area (Å²) >= 11 is 0. The molecule has 0 saturated heterocycles. The van der Waals surface area contributed by atoms with Crippen molar-refractivity contribution >= 4 is 28.9 Å². The molecule has 0 spiro atoms. The van der Waals surface area contributed by atoms with E-state index in [1.165, 1.54) is 6.08 Å². The van der Waals surface area contributed by atoms with Gasteiger partial charge in [0.15, 0.2) is 0 Å². The highest BCUT2D eigenvalue weighted by Crippen LogP contribution is 2.30. The van der Waals surface area contributed by atoms with E-state index in [0.717, 1.165) is 28.5 Å². The van der Waals surface area contributed by atoms with E-state index < -0.39 is 12.0 Å². The fourth-order valence-electron chi connectivity index (χ4n) is 4.15. The Morgan fingerprint density at radius 2 is 1.70 bits per heavy atom. The fraction of sp³-hybridized carbons (Fsp3) is 0.161. The molecule has 4 rings (SSSR count). The number of nitrogens with zero attached hydrogens (tertiary/aromatic N) is 1. The van der Waals surface area contributed by atoms with Crippen molar-refractivity contribution in [2.45, 2.75) is 26.0 Å². The number of hydrogen-bond acceptors (Lipinski definition) is 3. The average Bonchev–Trinajstić information content (AvgIpc) is 3.28. The number of nitrogens with one attached hydrogen (secondary N) is 1. The van der Waals surface area contributed by atoms with Crippen molar-refractivity contribution in [2.75, 3.05) is 6.54 Å². The van der Waals surface area contributed by atoms with Crippen molar-refractivity contribution in [3.8, 4) is 5.75 Å². The molecule has 1 heterocycles. The van der Waals surface area contributed by atoms with Crippen LogP contribution in [0.2, 0.25) is 0 Å². The Labute approximate surface area is 216 Å². The molecule has 0 aliphatic rings. The quantitative estimate of drug-likeness (QED) is 0.204. The molecule has 37 heavy (non-hydrogen) atoms. The number of aromatic nitrogens is 1. The van der Waals surface area contributed by atoms with Gasteiger partial charge in [0, 0.05) is 29.2 Å². The molecular formula is C31H30N2O4. The number of amides is 1. The van der Waals surface area contributed by atoms with Gasteiger partial charge >= 0.3 is 5.97 Å². The van der Waals surface area contributed by atoms with Crippen LogP contribution in [0.4, 0.5) is 0 Å². The first-order valence-corrected chi connectivity index (χ1v) is 12.2. The zero-order chi connectivity index (χ0) is 26.2. The van der Waals surface area contributed by atoms with E-state index in [0.29, 0.717) is 24.5 Å². The normalized spacial score (nSPS) is 12.2. The lowest BCUT2D eigenvalue weighted by atomic mass is 10.1. The number of ether oxygens (including phenoxy) is 1. The zero-order valence-electron chi connectivity index (χ0n) is 20.8. The Morgan fingerprint density at radius 1 is 1.03 bits per heavy atom. The van der Waals surface area contributed by atoms with E-state index >= 15 is 0 Å². The Kier molecular flexibility index (Phi) is 8.21. The maximum absolute atomic E-state index is 13.0. The summed E-state index contributed by atoms with van der Waals surface area (Å²) in [5.74, 6) is -0.534. The highest BCUT2D eigenvalue weighted by atomic mass is 16.5. The molecule has 1 amide bonds. The summed E-state index contributed by atoms with van der Waals surface area (Å²) < 4.78 is 7.86. The first kappa shape index (κ1) is 25.5. The molecule has 2 N–H and O–H groups in total. The average molecular weight is 495 g/mol. The van der Waals surface area contributed by atoms with Crippen LogP contribution in [0.15, 0.2) is 103 Å². The van der Waals surface area contributed by atoms with Gasteiger partial charge < -0.3 is 19.7 Å². The smallest absolute Gasteiger partial charge is 0.335 e. The van der Waals surface area contributed by atoms with Gasteiger partial charge in [-0.2, -0.15) is 0 Å². The van der Waals surface area contributed by atoms with Crippen molar-refractivity contribution < 1.29 is 19.4 Å². The van der Waals surface area contributed by atoms with Gasteiger partial charge in [0.05, 0.1) is 5.57 Å². The summed E-state index contributed by atoms with van der Waals surface area (Å²) in [6.45, 7) is 6.39. The van der Waals surface area contributed by atoms with E-state index in [-0.39, 0.29) is 11.5 Å². The molecule has 0 aliphatic carbocycles. The molecule has 1 atom stereocenters. The molecule has 0 bridgehead atoms. The molecule has 6 nitrogen and oxygen atoms in total. The predicted octanol–water partition coefficient (Wildman–Crippen LogP) is 5.79. The second kappa shape index (κ2) is 11.9. The number of carboxylic acid groups (broad SMARTS) is 1. The van der Waals surface area contributed by atoms with Crippen LogP contribution in [0.25, 0.3) is 17.0 Å². The Bertz CT molecular complexity index is 1420. The third-order valence-electron chi connectivity index (χ3n) is 6.21. The molecule has 188 valence electrons. The van der Waals surface area contributed by atoms with Gasteiger partial charge in [-0.25, -0.2) is 4.79 Å². The molecule has 6 heteroatoms. The van der Waals surface area contributed by atoms with E-state index in [1.54, 1.807) is 12.3 Å². The number of hydrogen-bond donors (Lipinski definition) is 2. The second-order valence-corrected chi connectivity index (χ2v) is 8.76. The molecule has 1 aromatic heterocycles. The van der Waals surface area contributed by atoms with Gasteiger partial charge in [-0.15, -0.1) is 0 Å². The second-order valence-electron chi connectivity index (χ2n) is 8.76. The summed E-state index contributed by atoms with van der Waals surface area (Å²) in [6.07, 6.45) is 5.42.